The third-order valence-electron chi connectivity index (χ3n) is 4.74. The predicted molar refractivity (Wildman–Crippen MR) is 120 cm³/mol. The highest BCUT2D eigenvalue weighted by Gasteiger charge is 2.19. The number of hydrogen-bond donors (Lipinski definition) is 1. The number of pyridine rings is 1. The van der Waals surface area contributed by atoms with E-state index in [1.807, 2.05) is 19.1 Å². The Balaban J connectivity index is 1.53. The lowest BCUT2D eigenvalue weighted by Crippen LogP contribution is -2.19. The Bertz CT molecular complexity index is 1310. The molecule has 0 radical (unpaired) electrons. The van der Waals surface area contributed by atoms with Crippen LogP contribution in [-0.2, 0) is 6.54 Å². The second-order valence-electron chi connectivity index (χ2n) is 6.66. The molecule has 31 heavy (non-hydrogen) atoms. The highest BCUT2D eigenvalue weighted by Crippen LogP contribution is 2.31. The van der Waals surface area contributed by atoms with Crippen LogP contribution in [0.1, 0.15) is 22.2 Å². The summed E-state index contributed by atoms with van der Waals surface area (Å²) in [4.78, 5) is 34.9. The lowest BCUT2D eigenvalue weighted by Gasteiger charge is -2.10. The summed E-state index contributed by atoms with van der Waals surface area (Å²) >= 11 is 1.20. The number of carbonyl (C=O) groups is 1. The van der Waals surface area contributed by atoms with E-state index in [4.69, 9.17) is 9.47 Å². The quantitative estimate of drug-likeness (QED) is 0.486. The predicted octanol–water partition coefficient (Wildman–Crippen LogP) is 4.23. The Morgan fingerprint density at radius 3 is 2.61 bits per heavy atom. The van der Waals surface area contributed by atoms with E-state index in [1.165, 1.54) is 28.4 Å². The summed E-state index contributed by atoms with van der Waals surface area (Å²) < 4.78 is 12.5. The Morgan fingerprint density at radius 1 is 1.16 bits per heavy atom. The fourth-order valence-electron chi connectivity index (χ4n) is 3.12. The number of anilines is 1. The van der Waals surface area contributed by atoms with Crippen molar-refractivity contribution in [2.24, 2.45) is 0 Å². The average molecular weight is 436 g/mol. The van der Waals surface area contributed by atoms with Gasteiger partial charge in [-0.2, -0.15) is 0 Å². The van der Waals surface area contributed by atoms with Crippen LogP contribution in [-0.4, -0.2) is 27.6 Å². The minimum absolute atomic E-state index is 0.139. The van der Waals surface area contributed by atoms with Crippen LogP contribution in [0.2, 0.25) is 0 Å². The smallest absolute Gasteiger partial charge is 0.266 e. The SMILES string of the molecule is CCn1cnc2sc(C(=O)Nc3ccc(Oc4ccccc4OC)nc3)c(C)c2c1=O. The molecule has 0 aliphatic carbocycles. The van der Waals surface area contributed by atoms with Crippen molar-refractivity contribution in [2.45, 2.75) is 20.4 Å². The van der Waals surface area contributed by atoms with Crippen molar-refractivity contribution in [3.8, 4) is 17.4 Å². The highest BCUT2D eigenvalue weighted by molar-refractivity contribution is 7.20. The zero-order chi connectivity index (χ0) is 22.0. The third-order valence-corrected chi connectivity index (χ3v) is 5.94. The zero-order valence-corrected chi connectivity index (χ0v) is 18.0. The number of carbonyl (C=O) groups excluding carboxylic acids is 1. The van der Waals surface area contributed by atoms with Crippen LogP contribution >= 0.6 is 11.3 Å². The van der Waals surface area contributed by atoms with E-state index in [2.05, 4.69) is 15.3 Å². The molecule has 3 aromatic heterocycles. The Hall–Kier alpha value is -3.72. The number of aryl methyl sites for hydroxylation is 2. The number of nitrogens with zero attached hydrogens (tertiary/aromatic N) is 3. The normalized spacial score (nSPS) is 10.8. The topological polar surface area (TPSA) is 95.3 Å². The van der Waals surface area contributed by atoms with Crippen LogP contribution in [0.15, 0.2) is 53.7 Å². The van der Waals surface area contributed by atoms with E-state index in [9.17, 15) is 9.59 Å². The van der Waals surface area contributed by atoms with Gasteiger partial charge in [-0.1, -0.05) is 12.1 Å². The van der Waals surface area contributed by atoms with Crippen LogP contribution in [0.5, 0.6) is 17.4 Å². The number of aromatic nitrogens is 3. The molecular formula is C22H20N4O4S. The lowest BCUT2D eigenvalue weighted by atomic mass is 10.2. The molecule has 0 unspecified atom stereocenters. The second-order valence-corrected chi connectivity index (χ2v) is 7.66. The van der Waals surface area contributed by atoms with Crippen LogP contribution in [0, 0.1) is 6.92 Å². The number of methoxy groups -OCH3 is 1. The van der Waals surface area contributed by atoms with Gasteiger partial charge in [-0.3, -0.25) is 14.2 Å². The molecule has 4 aromatic rings. The molecule has 0 fully saturated rings. The monoisotopic (exact) mass is 436 g/mol. The third kappa shape index (κ3) is 3.99. The van der Waals surface area contributed by atoms with Crippen LogP contribution in [0.4, 0.5) is 5.69 Å². The van der Waals surface area contributed by atoms with E-state index < -0.39 is 0 Å². The van der Waals surface area contributed by atoms with Gasteiger partial charge in [0.15, 0.2) is 11.5 Å². The van der Waals surface area contributed by atoms with Gasteiger partial charge in [-0.25, -0.2) is 9.97 Å². The summed E-state index contributed by atoms with van der Waals surface area (Å²) in [6.07, 6.45) is 3.01. The first kappa shape index (κ1) is 20.5. The summed E-state index contributed by atoms with van der Waals surface area (Å²) in [5.74, 6) is 1.19. The minimum Gasteiger partial charge on any atom is -0.493 e. The van der Waals surface area contributed by atoms with Gasteiger partial charge in [0, 0.05) is 12.6 Å². The maximum atomic E-state index is 12.8. The fraction of sp³-hybridized carbons (Fsp3) is 0.182. The molecule has 4 rings (SSSR count). The van der Waals surface area contributed by atoms with E-state index in [1.54, 1.807) is 38.3 Å². The highest BCUT2D eigenvalue weighted by atomic mass is 32.1. The van der Waals surface area contributed by atoms with Crippen LogP contribution in [0.25, 0.3) is 10.2 Å². The van der Waals surface area contributed by atoms with Gasteiger partial charge in [-0.05, 0) is 37.6 Å². The van der Waals surface area contributed by atoms with E-state index in [0.717, 1.165) is 0 Å². The fourth-order valence-corrected chi connectivity index (χ4v) is 4.15. The molecule has 8 nitrogen and oxygen atoms in total. The van der Waals surface area contributed by atoms with Gasteiger partial charge in [0.1, 0.15) is 4.83 Å². The average Bonchev–Trinajstić information content (AvgIpc) is 3.13. The van der Waals surface area contributed by atoms with Crippen molar-refractivity contribution in [1.29, 1.82) is 0 Å². The summed E-state index contributed by atoms with van der Waals surface area (Å²) in [6.45, 7) is 4.16. The number of rotatable bonds is 6. The van der Waals surface area contributed by atoms with Gasteiger partial charge >= 0.3 is 0 Å². The first-order valence-electron chi connectivity index (χ1n) is 9.58. The standard InChI is InChI=1S/C22H20N4O4S/c1-4-26-12-24-21-18(22(26)28)13(2)19(31-21)20(27)25-14-9-10-17(23-11-14)30-16-8-6-5-7-15(16)29-3/h5-12H,4H2,1-3H3,(H,25,27). The van der Waals surface area contributed by atoms with Crippen LogP contribution < -0.4 is 20.3 Å². The second kappa shape index (κ2) is 8.57. The summed E-state index contributed by atoms with van der Waals surface area (Å²) in [5, 5.41) is 3.30. The van der Waals surface area contributed by atoms with Gasteiger partial charge in [0.05, 0.1) is 35.6 Å². The Morgan fingerprint density at radius 2 is 1.94 bits per heavy atom. The van der Waals surface area contributed by atoms with Crippen molar-refractivity contribution >= 4 is 33.1 Å². The van der Waals surface area contributed by atoms with Gasteiger partial charge < -0.3 is 14.8 Å². The first-order chi connectivity index (χ1) is 15.0. The molecule has 0 aliphatic heterocycles. The number of para-hydroxylation sites is 2. The molecule has 9 heteroatoms. The number of benzene rings is 1. The molecular weight excluding hydrogens is 416 g/mol. The lowest BCUT2D eigenvalue weighted by molar-refractivity contribution is 0.103. The number of amides is 1. The van der Waals surface area contributed by atoms with E-state index in [-0.39, 0.29) is 11.5 Å². The number of nitrogens with one attached hydrogen (secondary N) is 1. The van der Waals surface area contributed by atoms with Gasteiger partial charge in [0.2, 0.25) is 5.88 Å². The number of hydrogen-bond acceptors (Lipinski definition) is 7. The van der Waals surface area contributed by atoms with Crippen molar-refractivity contribution < 1.29 is 14.3 Å². The molecule has 0 bridgehead atoms. The van der Waals surface area contributed by atoms with Crippen molar-refractivity contribution in [2.75, 3.05) is 12.4 Å². The largest absolute Gasteiger partial charge is 0.493 e. The van der Waals surface area contributed by atoms with Crippen LogP contribution in [0.3, 0.4) is 0 Å². The molecule has 1 amide bonds. The van der Waals surface area contributed by atoms with Gasteiger partial charge in [0.25, 0.3) is 11.5 Å². The summed E-state index contributed by atoms with van der Waals surface area (Å²) in [6, 6.07) is 10.6. The zero-order valence-electron chi connectivity index (χ0n) is 17.2. The van der Waals surface area contributed by atoms with Crippen molar-refractivity contribution in [3.05, 3.63) is 69.7 Å². The molecule has 0 spiro atoms. The number of ether oxygens (including phenoxy) is 2. The first-order valence-corrected chi connectivity index (χ1v) is 10.4. The summed E-state index contributed by atoms with van der Waals surface area (Å²) in [5.41, 5.74) is 0.995. The summed E-state index contributed by atoms with van der Waals surface area (Å²) in [7, 11) is 1.57. The number of fused-ring (bicyclic) bond motifs is 1. The molecule has 0 aliphatic rings. The van der Waals surface area contributed by atoms with Crippen molar-refractivity contribution in [3.63, 3.8) is 0 Å². The van der Waals surface area contributed by atoms with E-state index in [0.29, 0.717) is 50.3 Å². The van der Waals surface area contributed by atoms with Gasteiger partial charge in [-0.15, -0.1) is 11.3 Å². The minimum atomic E-state index is -0.317. The molecule has 158 valence electrons. The Labute approximate surface area is 182 Å². The molecule has 0 saturated carbocycles. The maximum absolute atomic E-state index is 12.8. The molecule has 0 atom stereocenters. The Kier molecular flexibility index (Phi) is 5.68. The number of thiophene rings is 1. The van der Waals surface area contributed by atoms with Crippen molar-refractivity contribution in [1.82, 2.24) is 14.5 Å². The molecule has 1 aromatic carbocycles. The molecule has 1 N–H and O–H groups in total. The molecule has 3 heterocycles. The maximum Gasteiger partial charge on any atom is 0.266 e. The van der Waals surface area contributed by atoms with E-state index >= 15 is 0 Å². The molecule has 0 saturated heterocycles.